The van der Waals surface area contributed by atoms with E-state index in [-0.39, 0.29) is 23.9 Å². The van der Waals surface area contributed by atoms with Crippen LogP contribution in [0.4, 0.5) is 10.5 Å². The summed E-state index contributed by atoms with van der Waals surface area (Å²) in [7, 11) is 0. The molecule has 7 nitrogen and oxygen atoms in total. The van der Waals surface area contributed by atoms with Crippen LogP contribution in [0, 0.1) is 0 Å². The third-order valence-corrected chi connectivity index (χ3v) is 5.40. The number of urea groups is 1. The Kier molecular flexibility index (Phi) is 9.42. The number of amides is 3. The molecule has 0 heterocycles. The summed E-state index contributed by atoms with van der Waals surface area (Å²) in [6, 6.07) is 23.6. The summed E-state index contributed by atoms with van der Waals surface area (Å²) in [5, 5.41) is 8.56. The van der Waals surface area contributed by atoms with E-state index in [1.807, 2.05) is 61.5 Å². The van der Waals surface area contributed by atoms with Gasteiger partial charge in [0.05, 0.1) is 12.6 Å². The van der Waals surface area contributed by atoms with Gasteiger partial charge in [0.15, 0.2) is 0 Å². The Morgan fingerprint density at radius 2 is 1.63 bits per heavy atom. The summed E-state index contributed by atoms with van der Waals surface area (Å²) >= 11 is 0. The van der Waals surface area contributed by atoms with E-state index in [4.69, 9.17) is 4.74 Å². The molecule has 3 aromatic carbocycles. The van der Waals surface area contributed by atoms with Crippen molar-refractivity contribution in [1.29, 1.82) is 0 Å². The molecule has 0 aliphatic rings. The van der Waals surface area contributed by atoms with E-state index in [9.17, 15) is 14.4 Å². The highest BCUT2D eigenvalue weighted by Crippen LogP contribution is 2.17. The zero-order valence-electron chi connectivity index (χ0n) is 20.0. The third-order valence-electron chi connectivity index (χ3n) is 5.40. The molecular formula is C28H31N3O4. The van der Waals surface area contributed by atoms with Gasteiger partial charge in [-0.2, -0.15) is 0 Å². The molecule has 3 rings (SSSR count). The van der Waals surface area contributed by atoms with Gasteiger partial charge in [-0.15, -0.1) is 0 Å². The van der Waals surface area contributed by atoms with Crippen molar-refractivity contribution in [2.45, 2.75) is 39.3 Å². The minimum Gasteiger partial charge on any atom is -0.466 e. The zero-order chi connectivity index (χ0) is 25.0. The Morgan fingerprint density at radius 3 is 2.40 bits per heavy atom. The van der Waals surface area contributed by atoms with Crippen molar-refractivity contribution < 1.29 is 19.1 Å². The first-order valence-electron chi connectivity index (χ1n) is 11.7. The van der Waals surface area contributed by atoms with E-state index in [2.05, 4.69) is 16.0 Å². The van der Waals surface area contributed by atoms with E-state index < -0.39 is 0 Å². The van der Waals surface area contributed by atoms with Gasteiger partial charge in [-0.05, 0) is 55.2 Å². The second-order valence-corrected chi connectivity index (χ2v) is 8.12. The van der Waals surface area contributed by atoms with Gasteiger partial charge in [0.25, 0.3) is 5.91 Å². The second kappa shape index (κ2) is 12.9. The highest BCUT2D eigenvalue weighted by Gasteiger charge is 2.13. The van der Waals surface area contributed by atoms with Crippen LogP contribution in [0.25, 0.3) is 0 Å². The lowest BCUT2D eigenvalue weighted by molar-refractivity contribution is -0.143. The Bertz CT molecular complexity index is 1150. The first-order chi connectivity index (χ1) is 16.9. The molecule has 0 spiro atoms. The zero-order valence-corrected chi connectivity index (χ0v) is 20.0. The molecule has 3 N–H and O–H groups in total. The van der Waals surface area contributed by atoms with Gasteiger partial charge in [-0.25, -0.2) is 4.79 Å². The first kappa shape index (κ1) is 25.5. The van der Waals surface area contributed by atoms with Crippen molar-refractivity contribution >= 4 is 23.6 Å². The summed E-state index contributed by atoms with van der Waals surface area (Å²) in [6.07, 6.45) is 0.893. The molecule has 3 amide bonds. The van der Waals surface area contributed by atoms with Crippen molar-refractivity contribution in [3.8, 4) is 0 Å². The Hall–Kier alpha value is -4.13. The summed E-state index contributed by atoms with van der Waals surface area (Å²) in [6.45, 7) is 4.47. The molecule has 1 atom stereocenters. The maximum atomic E-state index is 12.8. The number of rotatable bonds is 10. The lowest BCUT2D eigenvalue weighted by Crippen LogP contribution is -2.29. The van der Waals surface area contributed by atoms with Gasteiger partial charge < -0.3 is 20.7 Å². The molecule has 35 heavy (non-hydrogen) atoms. The molecule has 0 aromatic heterocycles. The van der Waals surface area contributed by atoms with Crippen LogP contribution >= 0.6 is 0 Å². The van der Waals surface area contributed by atoms with Crippen LogP contribution < -0.4 is 16.0 Å². The SMILES string of the molecule is CCOC(=O)CCc1cccc(C(C)NC(=O)c2cccc(NC(=O)NCc3ccccc3)c2)c1. The van der Waals surface area contributed by atoms with Crippen LogP contribution in [-0.2, 0) is 22.5 Å². The Morgan fingerprint density at radius 1 is 0.886 bits per heavy atom. The standard InChI is InChI=1S/C28H31N3O4/c1-3-35-26(32)16-15-21-11-7-12-23(17-21)20(2)30-27(33)24-13-8-14-25(18-24)31-28(34)29-19-22-9-5-4-6-10-22/h4-14,17-18,20H,3,15-16,19H2,1-2H3,(H,30,33)(H2,29,31,34). The van der Waals surface area contributed by atoms with E-state index >= 15 is 0 Å². The van der Waals surface area contributed by atoms with Gasteiger partial charge in [0, 0.05) is 24.2 Å². The second-order valence-electron chi connectivity index (χ2n) is 8.12. The van der Waals surface area contributed by atoms with Crippen LogP contribution in [-0.4, -0.2) is 24.5 Å². The molecule has 3 aromatic rings. The third kappa shape index (κ3) is 8.30. The Labute approximate surface area is 205 Å². The van der Waals surface area contributed by atoms with Crippen molar-refractivity contribution in [2.24, 2.45) is 0 Å². The monoisotopic (exact) mass is 473 g/mol. The minimum absolute atomic E-state index is 0.221. The van der Waals surface area contributed by atoms with Crippen LogP contribution in [0.1, 0.15) is 53.4 Å². The fourth-order valence-corrected chi connectivity index (χ4v) is 3.55. The number of hydrogen-bond donors (Lipinski definition) is 3. The molecule has 7 heteroatoms. The number of benzene rings is 3. The summed E-state index contributed by atoms with van der Waals surface area (Å²) in [5.74, 6) is -0.468. The maximum Gasteiger partial charge on any atom is 0.319 e. The molecule has 0 aliphatic carbocycles. The number of ether oxygens (including phenoxy) is 1. The number of nitrogens with one attached hydrogen (secondary N) is 3. The molecule has 0 saturated heterocycles. The molecule has 1 unspecified atom stereocenters. The fraction of sp³-hybridized carbons (Fsp3) is 0.250. The largest absolute Gasteiger partial charge is 0.466 e. The number of esters is 1. The van der Waals surface area contributed by atoms with Crippen molar-refractivity contribution in [2.75, 3.05) is 11.9 Å². The number of carbonyl (C=O) groups excluding carboxylic acids is 3. The molecule has 0 radical (unpaired) electrons. The van der Waals surface area contributed by atoms with E-state index in [0.29, 0.717) is 37.2 Å². The maximum absolute atomic E-state index is 12.8. The van der Waals surface area contributed by atoms with Crippen molar-refractivity contribution in [3.05, 3.63) is 101 Å². The topological polar surface area (TPSA) is 96.5 Å². The van der Waals surface area contributed by atoms with Crippen LogP contribution in [0.2, 0.25) is 0 Å². The minimum atomic E-state index is -0.348. The van der Waals surface area contributed by atoms with Gasteiger partial charge in [0.1, 0.15) is 0 Å². The van der Waals surface area contributed by atoms with Gasteiger partial charge in [0.2, 0.25) is 0 Å². The highest BCUT2D eigenvalue weighted by molar-refractivity contribution is 5.97. The summed E-state index contributed by atoms with van der Waals surface area (Å²) in [4.78, 5) is 36.7. The summed E-state index contributed by atoms with van der Waals surface area (Å²) in [5.41, 5.74) is 3.90. The predicted molar refractivity (Wildman–Crippen MR) is 136 cm³/mol. The molecule has 0 aliphatic heterocycles. The number of anilines is 1. The fourth-order valence-electron chi connectivity index (χ4n) is 3.55. The van der Waals surface area contributed by atoms with Crippen molar-refractivity contribution in [1.82, 2.24) is 10.6 Å². The quantitative estimate of drug-likeness (QED) is 0.361. The molecular weight excluding hydrogens is 442 g/mol. The molecule has 182 valence electrons. The van der Waals surface area contributed by atoms with Crippen molar-refractivity contribution in [3.63, 3.8) is 0 Å². The summed E-state index contributed by atoms with van der Waals surface area (Å²) < 4.78 is 4.98. The molecule has 0 bridgehead atoms. The number of aryl methyl sites for hydroxylation is 1. The van der Waals surface area contributed by atoms with E-state index in [0.717, 1.165) is 16.7 Å². The molecule has 0 saturated carbocycles. The van der Waals surface area contributed by atoms with Gasteiger partial charge in [-0.3, -0.25) is 9.59 Å². The van der Waals surface area contributed by atoms with Gasteiger partial charge in [-0.1, -0.05) is 60.7 Å². The Balaban J connectivity index is 1.55. The average Bonchev–Trinajstić information content (AvgIpc) is 2.87. The predicted octanol–water partition coefficient (Wildman–Crippen LogP) is 5.00. The van der Waals surface area contributed by atoms with E-state index in [1.165, 1.54) is 0 Å². The van der Waals surface area contributed by atoms with Crippen LogP contribution in [0.3, 0.4) is 0 Å². The smallest absolute Gasteiger partial charge is 0.319 e. The van der Waals surface area contributed by atoms with E-state index in [1.54, 1.807) is 31.2 Å². The van der Waals surface area contributed by atoms with Crippen LogP contribution in [0.15, 0.2) is 78.9 Å². The van der Waals surface area contributed by atoms with Crippen LogP contribution in [0.5, 0.6) is 0 Å². The lowest BCUT2D eigenvalue weighted by atomic mass is 10.0. The van der Waals surface area contributed by atoms with Gasteiger partial charge >= 0.3 is 12.0 Å². The number of hydrogen-bond acceptors (Lipinski definition) is 4. The molecule has 0 fully saturated rings. The lowest BCUT2D eigenvalue weighted by Gasteiger charge is -2.16. The normalized spacial score (nSPS) is 11.3. The average molecular weight is 474 g/mol. The number of carbonyl (C=O) groups is 3. The highest BCUT2D eigenvalue weighted by atomic mass is 16.5. The first-order valence-corrected chi connectivity index (χ1v) is 11.7.